The third kappa shape index (κ3) is 8.62. The fourth-order valence-corrected chi connectivity index (χ4v) is 5.24. The fraction of sp³-hybridized carbons (Fsp3) is 0.500. The topological polar surface area (TPSA) is 109 Å². The van der Waals surface area contributed by atoms with Gasteiger partial charge in [-0.1, -0.05) is 60.7 Å². The lowest BCUT2D eigenvalue weighted by molar-refractivity contribution is -0.0641. The van der Waals surface area contributed by atoms with E-state index in [-0.39, 0.29) is 30.3 Å². The molecule has 1 aliphatic heterocycles. The van der Waals surface area contributed by atoms with Gasteiger partial charge in [-0.05, 0) is 48.6 Å². The minimum Gasteiger partial charge on any atom is -0.379 e. The van der Waals surface area contributed by atoms with Crippen LogP contribution in [0.15, 0.2) is 65.7 Å². The first-order valence-electron chi connectivity index (χ1n) is 13.1. The Morgan fingerprint density at radius 2 is 1.49 bits per heavy atom. The number of halogens is 1. The number of rotatable bonds is 9. The largest absolute Gasteiger partial charge is 0.379 e. The number of nitrogens with one attached hydrogen (secondary N) is 1. The van der Waals surface area contributed by atoms with Crippen LogP contribution in [0.5, 0.6) is 0 Å². The summed E-state index contributed by atoms with van der Waals surface area (Å²) in [7, 11) is 0. The van der Waals surface area contributed by atoms with Crippen molar-refractivity contribution < 1.29 is 9.53 Å². The maximum absolute atomic E-state index is 13.6. The van der Waals surface area contributed by atoms with E-state index >= 15 is 0 Å². The molecule has 202 valence electrons. The summed E-state index contributed by atoms with van der Waals surface area (Å²) < 4.78 is 5.58. The second kappa shape index (κ2) is 14.8. The first-order chi connectivity index (χ1) is 17.6. The molecule has 0 unspecified atom stereocenters. The van der Waals surface area contributed by atoms with Gasteiger partial charge < -0.3 is 21.5 Å². The lowest BCUT2D eigenvalue weighted by Crippen LogP contribution is -2.56. The lowest BCUT2D eigenvalue weighted by Gasteiger charge is -2.39. The highest BCUT2D eigenvalue weighted by atomic mass is 35.5. The van der Waals surface area contributed by atoms with E-state index in [2.05, 4.69) is 63.8 Å². The predicted octanol–water partition coefficient (Wildman–Crippen LogP) is 3.58. The monoisotopic (exact) mass is 528 g/mol. The highest BCUT2D eigenvalue weighted by Crippen LogP contribution is 2.29. The zero-order chi connectivity index (χ0) is 25.2. The van der Waals surface area contributed by atoms with Crippen molar-refractivity contribution in [2.24, 2.45) is 28.3 Å². The SMILES string of the molecule is Cl.NC(N)=NCC1CCC(CNC(=O)N(CC(c2ccccc2)c2ccccc2)N2CCOCC2)CC1. The highest BCUT2D eigenvalue weighted by molar-refractivity contribution is 5.85. The molecule has 0 atom stereocenters. The summed E-state index contributed by atoms with van der Waals surface area (Å²) >= 11 is 0. The second-order valence-electron chi connectivity index (χ2n) is 9.86. The molecular formula is C28H41ClN6O2. The molecule has 1 aliphatic carbocycles. The van der Waals surface area contributed by atoms with Gasteiger partial charge in [-0.2, -0.15) is 0 Å². The minimum atomic E-state index is -0.0311. The molecule has 2 aliphatic rings. The van der Waals surface area contributed by atoms with Crippen LogP contribution in [0, 0.1) is 11.8 Å². The van der Waals surface area contributed by atoms with Crippen molar-refractivity contribution in [1.29, 1.82) is 0 Å². The van der Waals surface area contributed by atoms with Crippen molar-refractivity contribution in [2.75, 3.05) is 45.9 Å². The number of hydrazine groups is 1. The van der Waals surface area contributed by atoms with Crippen LogP contribution in [0.25, 0.3) is 0 Å². The molecule has 5 N–H and O–H groups in total. The van der Waals surface area contributed by atoms with Gasteiger partial charge in [0.15, 0.2) is 5.96 Å². The average molecular weight is 529 g/mol. The summed E-state index contributed by atoms with van der Waals surface area (Å²) in [5.41, 5.74) is 13.4. The smallest absolute Gasteiger partial charge is 0.331 e. The van der Waals surface area contributed by atoms with Crippen molar-refractivity contribution >= 4 is 24.4 Å². The Morgan fingerprint density at radius 3 is 2.03 bits per heavy atom. The van der Waals surface area contributed by atoms with Crippen LogP contribution in [-0.2, 0) is 4.74 Å². The quantitative estimate of drug-likeness (QED) is 0.340. The minimum absolute atomic E-state index is 0. The summed E-state index contributed by atoms with van der Waals surface area (Å²) in [6.45, 7) is 4.64. The second-order valence-corrected chi connectivity index (χ2v) is 9.86. The van der Waals surface area contributed by atoms with Crippen LogP contribution >= 0.6 is 12.4 Å². The van der Waals surface area contributed by atoms with Gasteiger partial charge in [-0.15, -0.1) is 12.4 Å². The van der Waals surface area contributed by atoms with Crippen molar-refractivity contribution in [3.63, 3.8) is 0 Å². The zero-order valence-electron chi connectivity index (χ0n) is 21.5. The molecule has 8 nitrogen and oxygen atoms in total. The number of ether oxygens (including phenoxy) is 1. The number of amides is 2. The summed E-state index contributed by atoms with van der Waals surface area (Å²) in [6, 6.07) is 20.9. The number of hydrogen-bond donors (Lipinski definition) is 3. The van der Waals surface area contributed by atoms with Crippen LogP contribution < -0.4 is 16.8 Å². The van der Waals surface area contributed by atoms with E-state index in [1.54, 1.807) is 0 Å². The number of morpholine rings is 1. The average Bonchev–Trinajstić information content (AvgIpc) is 2.93. The molecule has 2 aromatic carbocycles. The summed E-state index contributed by atoms with van der Waals surface area (Å²) in [5, 5.41) is 7.32. The number of carbonyl (C=O) groups is 1. The normalized spacial score (nSPS) is 20.0. The van der Waals surface area contributed by atoms with Crippen molar-refractivity contribution in [1.82, 2.24) is 15.3 Å². The molecule has 1 heterocycles. The van der Waals surface area contributed by atoms with Crippen LogP contribution in [0.1, 0.15) is 42.7 Å². The first-order valence-corrected chi connectivity index (χ1v) is 13.1. The van der Waals surface area contributed by atoms with Crippen LogP contribution in [0.3, 0.4) is 0 Å². The highest BCUT2D eigenvalue weighted by Gasteiger charge is 2.29. The standard InChI is InChI=1S/C28H40N6O2.ClH/c29-27(30)31-19-22-11-13-23(14-12-22)20-32-28(35)34(33-15-17-36-18-16-33)21-26(24-7-3-1-4-8-24)25-9-5-2-6-10-25;/h1-10,22-23,26H,11-21H2,(H,32,35)(H4,29,30,31);1H. The van der Waals surface area contributed by atoms with Crippen molar-refractivity contribution in [2.45, 2.75) is 31.6 Å². The summed E-state index contributed by atoms with van der Waals surface area (Å²) in [6.07, 6.45) is 4.35. The summed E-state index contributed by atoms with van der Waals surface area (Å²) in [4.78, 5) is 17.8. The number of nitrogens with zero attached hydrogens (tertiary/aromatic N) is 3. The molecule has 1 saturated heterocycles. The number of urea groups is 1. The van der Waals surface area contributed by atoms with E-state index < -0.39 is 0 Å². The molecule has 0 spiro atoms. The number of hydrogen-bond acceptors (Lipinski definition) is 4. The van der Waals surface area contributed by atoms with Gasteiger partial charge in [-0.25, -0.2) is 9.80 Å². The molecule has 9 heteroatoms. The van der Waals surface area contributed by atoms with Crippen LogP contribution in [-0.4, -0.2) is 67.9 Å². The molecular weight excluding hydrogens is 488 g/mol. The zero-order valence-corrected chi connectivity index (χ0v) is 22.3. The van der Waals surface area contributed by atoms with Crippen LogP contribution in [0.2, 0.25) is 0 Å². The Kier molecular flexibility index (Phi) is 11.5. The van der Waals surface area contributed by atoms with E-state index in [1.807, 2.05) is 17.1 Å². The van der Waals surface area contributed by atoms with Gasteiger partial charge in [0.2, 0.25) is 0 Å². The molecule has 4 rings (SSSR count). The van der Waals surface area contributed by atoms with Gasteiger partial charge in [-0.3, -0.25) is 10.0 Å². The maximum atomic E-state index is 13.6. The lowest BCUT2D eigenvalue weighted by atomic mass is 9.82. The first kappa shape index (κ1) is 28.8. The Hall–Kier alpha value is -2.81. The van der Waals surface area contributed by atoms with Gasteiger partial charge in [0, 0.05) is 32.1 Å². The van der Waals surface area contributed by atoms with Gasteiger partial charge in [0.25, 0.3) is 0 Å². The Labute approximate surface area is 226 Å². The summed E-state index contributed by atoms with van der Waals surface area (Å²) in [5.74, 6) is 1.25. The maximum Gasteiger partial charge on any atom is 0.331 e. The molecule has 1 saturated carbocycles. The van der Waals surface area contributed by atoms with Crippen molar-refractivity contribution in [3.05, 3.63) is 71.8 Å². The molecule has 0 aromatic heterocycles. The molecule has 2 aromatic rings. The van der Waals surface area contributed by atoms with E-state index in [1.165, 1.54) is 11.1 Å². The van der Waals surface area contributed by atoms with Crippen molar-refractivity contribution in [3.8, 4) is 0 Å². The molecule has 37 heavy (non-hydrogen) atoms. The predicted molar refractivity (Wildman–Crippen MR) is 151 cm³/mol. The third-order valence-corrected chi connectivity index (χ3v) is 7.36. The fourth-order valence-electron chi connectivity index (χ4n) is 5.24. The van der Waals surface area contributed by atoms with E-state index in [9.17, 15) is 4.79 Å². The Balaban J connectivity index is 0.00000380. The number of aliphatic imine (C=N–C) groups is 1. The van der Waals surface area contributed by atoms with E-state index in [0.29, 0.717) is 57.8 Å². The number of benzene rings is 2. The van der Waals surface area contributed by atoms with E-state index in [0.717, 1.165) is 25.7 Å². The Bertz CT molecular complexity index is 920. The molecule has 0 bridgehead atoms. The van der Waals surface area contributed by atoms with Gasteiger partial charge in [0.1, 0.15) is 0 Å². The number of nitrogens with two attached hydrogens (primary N) is 2. The molecule has 2 amide bonds. The van der Waals surface area contributed by atoms with Crippen LogP contribution in [0.4, 0.5) is 4.79 Å². The number of guanidine groups is 1. The van der Waals surface area contributed by atoms with Gasteiger partial charge >= 0.3 is 6.03 Å². The molecule has 0 radical (unpaired) electrons. The van der Waals surface area contributed by atoms with E-state index in [4.69, 9.17) is 16.2 Å². The number of carbonyl (C=O) groups excluding carboxylic acids is 1. The Morgan fingerprint density at radius 1 is 0.946 bits per heavy atom. The molecule has 2 fully saturated rings. The third-order valence-electron chi connectivity index (χ3n) is 7.36. The van der Waals surface area contributed by atoms with Gasteiger partial charge in [0.05, 0.1) is 19.8 Å².